The Labute approximate surface area is 127 Å². The highest BCUT2D eigenvalue weighted by atomic mass is 19.4. The third-order valence-electron chi connectivity index (χ3n) is 3.02. The van der Waals surface area contributed by atoms with Crippen molar-refractivity contribution in [1.82, 2.24) is 5.32 Å². The minimum Gasteiger partial charge on any atom is -0.388 e. The number of rotatable bonds is 7. The van der Waals surface area contributed by atoms with Crippen LogP contribution in [0.15, 0.2) is 30.3 Å². The van der Waals surface area contributed by atoms with E-state index in [2.05, 4.69) is 10.1 Å². The van der Waals surface area contributed by atoms with Gasteiger partial charge in [0.05, 0.1) is 6.10 Å². The fourth-order valence-electron chi connectivity index (χ4n) is 1.86. The number of amides is 1. The molecule has 0 aromatic heterocycles. The summed E-state index contributed by atoms with van der Waals surface area (Å²) in [6.07, 6.45) is -6.19. The molecule has 0 fully saturated rings. The van der Waals surface area contributed by atoms with Gasteiger partial charge in [0.15, 0.2) is 0 Å². The van der Waals surface area contributed by atoms with Crippen molar-refractivity contribution in [2.24, 2.45) is 0 Å². The van der Waals surface area contributed by atoms with E-state index in [0.29, 0.717) is 5.56 Å². The second-order valence-corrected chi connectivity index (χ2v) is 5.14. The Morgan fingerprint density at radius 3 is 2.41 bits per heavy atom. The molecule has 3 atom stereocenters. The van der Waals surface area contributed by atoms with Crippen molar-refractivity contribution in [2.45, 2.75) is 44.7 Å². The monoisotopic (exact) mass is 319 g/mol. The minimum atomic E-state index is -4.47. The summed E-state index contributed by atoms with van der Waals surface area (Å²) in [7, 11) is 0. The highest BCUT2D eigenvalue weighted by molar-refractivity contribution is 5.80. The van der Waals surface area contributed by atoms with Gasteiger partial charge in [0.25, 0.3) is 0 Å². The first kappa shape index (κ1) is 18.4. The molecule has 0 heterocycles. The molecule has 0 aliphatic rings. The summed E-state index contributed by atoms with van der Waals surface area (Å²) >= 11 is 0. The van der Waals surface area contributed by atoms with E-state index < -0.39 is 36.9 Å². The highest BCUT2D eigenvalue weighted by Crippen LogP contribution is 2.18. The predicted octanol–water partition coefficient (Wildman–Crippen LogP) is 2.58. The van der Waals surface area contributed by atoms with Crippen LogP contribution < -0.4 is 5.32 Å². The van der Waals surface area contributed by atoms with Gasteiger partial charge < -0.3 is 15.2 Å². The Hall–Kier alpha value is -1.60. The van der Waals surface area contributed by atoms with Crippen LogP contribution in [0.5, 0.6) is 0 Å². The molecule has 1 aromatic rings. The summed E-state index contributed by atoms with van der Waals surface area (Å²) in [5, 5.41) is 12.5. The lowest BCUT2D eigenvalue weighted by molar-refractivity contribution is -0.185. The fourth-order valence-corrected chi connectivity index (χ4v) is 1.86. The van der Waals surface area contributed by atoms with Crippen LogP contribution in [0.4, 0.5) is 13.2 Å². The number of hydrogen-bond acceptors (Lipinski definition) is 3. The molecule has 1 aromatic carbocycles. The summed E-state index contributed by atoms with van der Waals surface area (Å²) in [5.41, 5.74) is 0.713. The first-order valence-electron chi connectivity index (χ1n) is 6.91. The first-order valence-corrected chi connectivity index (χ1v) is 6.91. The molecule has 7 heteroatoms. The lowest BCUT2D eigenvalue weighted by Gasteiger charge is -2.21. The van der Waals surface area contributed by atoms with Crippen LogP contribution in [0.2, 0.25) is 0 Å². The van der Waals surface area contributed by atoms with Crippen LogP contribution >= 0.6 is 0 Å². The van der Waals surface area contributed by atoms with Crippen LogP contribution in [-0.4, -0.2) is 35.9 Å². The van der Waals surface area contributed by atoms with E-state index in [9.17, 15) is 23.1 Å². The second kappa shape index (κ2) is 8.14. The zero-order valence-corrected chi connectivity index (χ0v) is 12.4. The Morgan fingerprint density at radius 1 is 1.27 bits per heavy atom. The van der Waals surface area contributed by atoms with E-state index in [1.54, 1.807) is 31.2 Å². The van der Waals surface area contributed by atoms with E-state index >= 15 is 0 Å². The van der Waals surface area contributed by atoms with E-state index in [0.717, 1.165) is 0 Å². The van der Waals surface area contributed by atoms with Crippen molar-refractivity contribution in [3.63, 3.8) is 0 Å². The van der Waals surface area contributed by atoms with Crippen molar-refractivity contribution >= 4 is 5.91 Å². The summed E-state index contributed by atoms with van der Waals surface area (Å²) in [6.45, 7) is 1.45. The number of aliphatic hydroxyl groups excluding tert-OH is 1. The van der Waals surface area contributed by atoms with Crippen LogP contribution in [0.3, 0.4) is 0 Å². The molecule has 1 amide bonds. The molecule has 0 saturated heterocycles. The van der Waals surface area contributed by atoms with Gasteiger partial charge in [-0.15, -0.1) is 0 Å². The highest BCUT2D eigenvalue weighted by Gasteiger charge is 2.30. The Morgan fingerprint density at radius 2 is 1.86 bits per heavy atom. The van der Waals surface area contributed by atoms with Crippen molar-refractivity contribution in [3.05, 3.63) is 35.9 Å². The fraction of sp³-hybridized carbons (Fsp3) is 0.533. The van der Waals surface area contributed by atoms with Gasteiger partial charge in [-0.3, -0.25) is 4.79 Å². The third kappa shape index (κ3) is 6.91. The maximum Gasteiger partial charge on any atom is 0.411 e. The number of hydrogen-bond donors (Lipinski definition) is 2. The summed E-state index contributed by atoms with van der Waals surface area (Å²) < 4.78 is 40.5. The van der Waals surface area contributed by atoms with Crippen molar-refractivity contribution < 1.29 is 27.8 Å². The van der Waals surface area contributed by atoms with Crippen LogP contribution in [0.25, 0.3) is 0 Å². The van der Waals surface area contributed by atoms with Crippen LogP contribution in [0.1, 0.15) is 31.9 Å². The molecule has 1 rings (SSSR count). The molecule has 0 saturated carbocycles. The van der Waals surface area contributed by atoms with E-state index in [4.69, 9.17) is 0 Å². The molecule has 22 heavy (non-hydrogen) atoms. The van der Waals surface area contributed by atoms with Crippen molar-refractivity contribution in [1.29, 1.82) is 0 Å². The number of carbonyl (C=O) groups is 1. The molecule has 0 bridgehead atoms. The molecule has 2 N–H and O–H groups in total. The number of aliphatic hydroxyl groups is 1. The zero-order valence-electron chi connectivity index (χ0n) is 12.4. The molecule has 4 nitrogen and oxygen atoms in total. The van der Waals surface area contributed by atoms with Gasteiger partial charge in [-0.25, -0.2) is 0 Å². The molecule has 0 aliphatic heterocycles. The third-order valence-corrected chi connectivity index (χ3v) is 3.02. The van der Waals surface area contributed by atoms with Gasteiger partial charge >= 0.3 is 6.18 Å². The molecular formula is C15H20F3NO3. The molecular weight excluding hydrogens is 299 g/mol. The van der Waals surface area contributed by atoms with Gasteiger partial charge in [-0.1, -0.05) is 30.3 Å². The van der Waals surface area contributed by atoms with Gasteiger partial charge in [-0.2, -0.15) is 13.2 Å². The lowest BCUT2D eigenvalue weighted by atomic mass is 10.0. The summed E-state index contributed by atoms with van der Waals surface area (Å²) in [4.78, 5) is 11.7. The maximum absolute atomic E-state index is 12.0. The van der Waals surface area contributed by atoms with E-state index in [1.165, 1.54) is 6.92 Å². The normalized spacial score (nSPS) is 15.9. The quantitative estimate of drug-likeness (QED) is 0.812. The molecule has 3 unspecified atom stereocenters. The van der Waals surface area contributed by atoms with Gasteiger partial charge in [0.2, 0.25) is 5.91 Å². The van der Waals surface area contributed by atoms with Crippen molar-refractivity contribution in [2.75, 3.05) is 6.61 Å². The van der Waals surface area contributed by atoms with Gasteiger partial charge in [0.1, 0.15) is 12.7 Å². The topological polar surface area (TPSA) is 58.6 Å². The molecule has 0 aliphatic carbocycles. The number of benzene rings is 1. The standard InChI is InChI=1S/C15H20F3NO3/c1-10(8-13(20)12-6-4-3-5-7-12)19-14(21)11(2)22-9-15(16,17)18/h3-7,10-11,13,20H,8-9H2,1-2H3,(H,19,21). The first-order chi connectivity index (χ1) is 10.2. The number of halogens is 3. The van der Waals surface area contributed by atoms with Crippen LogP contribution in [0, 0.1) is 0 Å². The second-order valence-electron chi connectivity index (χ2n) is 5.14. The Bertz CT molecular complexity index is 465. The number of nitrogens with one attached hydrogen (secondary N) is 1. The smallest absolute Gasteiger partial charge is 0.388 e. The Kier molecular flexibility index (Phi) is 6.83. The molecule has 0 radical (unpaired) electrons. The Balaban J connectivity index is 2.40. The average molecular weight is 319 g/mol. The number of carbonyl (C=O) groups excluding carboxylic acids is 1. The maximum atomic E-state index is 12.0. The summed E-state index contributed by atoms with van der Waals surface area (Å²) in [5.74, 6) is -0.642. The van der Waals surface area contributed by atoms with Crippen LogP contribution in [-0.2, 0) is 9.53 Å². The van der Waals surface area contributed by atoms with Gasteiger partial charge in [0, 0.05) is 6.04 Å². The number of alkyl halides is 3. The average Bonchev–Trinajstić information content (AvgIpc) is 2.44. The van der Waals surface area contributed by atoms with Gasteiger partial charge in [-0.05, 0) is 25.8 Å². The predicted molar refractivity (Wildman–Crippen MR) is 75.1 cm³/mol. The minimum absolute atomic E-state index is 0.252. The molecule has 124 valence electrons. The van der Waals surface area contributed by atoms with Crippen molar-refractivity contribution in [3.8, 4) is 0 Å². The van der Waals surface area contributed by atoms with E-state index in [1.807, 2.05) is 6.07 Å². The van der Waals surface area contributed by atoms with E-state index in [-0.39, 0.29) is 6.42 Å². The largest absolute Gasteiger partial charge is 0.411 e. The SMILES string of the molecule is CC(CC(O)c1ccccc1)NC(=O)C(C)OCC(F)(F)F. The zero-order chi connectivity index (χ0) is 16.8. The summed E-state index contributed by atoms with van der Waals surface area (Å²) in [6, 6.07) is 8.51. The number of ether oxygens (including phenoxy) is 1. The molecule has 0 spiro atoms. The lowest BCUT2D eigenvalue weighted by Crippen LogP contribution is -2.41.